The maximum absolute atomic E-state index is 11.6. The number of carbonyl (C=O) groups is 4. The summed E-state index contributed by atoms with van der Waals surface area (Å²) >= 11 is 0. The molecule has 4 aromatic rings. The van der Waals surface area contributed by atoms with Crippen molar-refractivity contribution in [3.05, 3.63) is 93.0 Å². The van der Waals surface area contributed by atoms with E-state index in [2.05, 4.69) is 47.3 Å². The molecule has 0 unspecified atom stereocenters. The monoisotopic (exact) mass is 1210 g/mol. The van der Waals surface area contributed by atoms with Crippen LogP contribution in [0.15, 0.2) is 48.5 Å². The van der Waals surface area contributed by atoms with Gasteiger partial charge in [0.1, 0.15) is 0 Å². The molecule has 16 heteroatoms. The lowest BCUT2D eigenvalue weighted by Crippen LogP contribution is -2.49. The van der Waals surface area contributed by atoms with E-state index in [1.807, 2.05) is 24.3 Å². The summed E-state index contributed by atoms with van der Waals surface area (Å²) in [6.07, 6.45) is 22.1. The van der Waals surface area contributed by atoms with Gasteiger partial charge in [-0.2, -0.15) is 0 Å². The van der Waals surface area contributed by atoms with Crippen LogP contribution in [0.4, 0.5) is 0 Å². The van der Waals surface area contributed by atoms with Crippen LogP contribution in [-0.2, 0) is 70.5 Å². The topological polar surface area (TPSA) is 199 Å². The SMILES string of the molecule is CCCN1CCC[C@@H]2Cc3c(ccc(O)c3O)C[C@H]21.CCCN1CCC[C@@H]2Cc3c(ccc(O)c3OC(C)=O)C[C@H]21.CCCN1CCC[C@@H]2Cc3c(ccc(OC(C)=O)c3O)C[C@H]21.CCCN1CCC[C@@H]2Cc3c(ccc(OC(C)=O)c3OC(C)=O)C[C@H]21. The van der Waals surface area contributed by atoms with Gasteiger partial charge >= 0.3 is 23.9 Å². The molecule has 480 valence electrons. The number of esters is 4. The number of ether oxygens (including phenoxy) is 4. The van der Waals surface area contributed by atoms with Crippen LogP contribution in [0.3, 0.4) is 0 Å². The van der Waals surface area contributed by atoms with E-state index in [0.29, 0.717) is 70.8 Å². The van der Waals surface area contributed by atoms with Crippen molar-refractivity contribution in [3.63, 3.8) is 0 Å². The Kier molecular flexibility index (Phi) is 23.0. The molecular formula is C72H100N4O12. The van der Waals surface area contributed by atoms with E-state index >= 15 is 0 Å². The fourth-order valence-electron chi connectivity index (χ4n) is 16.5. The Balaban J connectivity index is 0.000000140. The molecule has 0 amide bonds. The zero-order chi connectivity index (χ0) is 62.8. The molecule has 4 fully saturated rings. The third-order valence-electron chi connectivity index (χ3n) is 20.1. The van der Waals surface area contributed by atoms with Crippen LogP contribution < -0.4 is 18.9 Å². The minimum Gasteiger partial charge on any atom is -0.504 e. The van der Waals surface area contributed by atoms with Gasteiger partial charge in [-0.3, -0.25) is 38.8 Å². The van der Waals surface area contributed by atoms with Gasteiger partial charge in [-0.15, -0.1) is 0 Å². The number of phenols is 4. The lowest BCUT2D eigenvalue weighted by atomic mass is 9.75. The summed E-state index contributed by atoms with van der Waals surface area (Å²) in [5.41, 5.74) is 8.90. The van der Waals surface area contributed by atoms with Crippen LogP contribution in [0.2, 0.25) is 0 Å². The fourth-order valence-corrected chi connectivity index (χ4v) is 16.5. The van der Waals surface area contributed by atoms with Gasteiger partial charge in [0.25, 0.3) is 0 Å². The fraction of sp³-hybridized carbons (Fsp3) is 0.611. The number of piperidine rings is 4. The summed E-state index contributed by atoms with van der Waals surface area (Å²) in [5.74, 6) is 2.70. The van der Waals surface area contributed by atoms with Crippen LogP contribution in [0, 0.1) is 23.7 Å². The van der Waals surface area contributed by atoms with E-state index in [1.165, 1.54) is 160 Å². The molecule has 88 heavy (non-hydrogen) atoms. The maximum Gasteiger partial charge on any atom is 0.308 e. The Morgan fingerprint density at radius 1 is 0.375 bits per heavy atom. The molecule has 12 rings (SSSR count). The first-order valence-electron chi connectivity index (χ1n) is 33.4. The van der Waals surface area contributed by atoms with Gasteiger partial charge in [0.15, 0.2) is 46.0 Å². The van der Waals surface area contributed by atoms with Crippen molar-refractivity contribution in [2.75, 3.05) is 52.4 Å². The number of fused-ring (bicyclic) bond motifs is 8. The molecule has 4 N–H and O–H groups in total. The van der Waals surface area contributed by atoms with Crippen LogP contribution in [0.25, 0.3) is 0 Å². The lowest BCUT2D eigenvalue weighted by molar-refractivity contribution is -0.134. The molecule has 0 bridgehead atoms. The Hall–Kier alpha value is -6.20. The zero-order valence-corrected chi connectivity index (χ0v) is 53.9. The number of nitrogens with zero attached hydrogens (tertiary/aromatic N) is 4. The van der Waals surface area contributed by atoms with Crippen LogP contribution in [0.5, 0.6) is 46.0 Å². The summed E-state index contributed by atoms with van der Waals surface area (Å²) in [5, 5.41) is 40.2. The van der Waals surface area contributed by atoms with Crippen LogP contribution in [0.1, 0.15) is 177 Å². The van der Waals surface area contributed by atoms with Gasteiger partial charge in [-0.1, -0.05) is 52.0 Å². The highest BCUT2D eigenvalue weighted by atomic mass is 16.6. The first-order chi connectivity index (χ1) is 42.4. The summed E-state index contributed by atoms with van der Waals surface area (Å²) in [4.78, 5) is 55.9. The Morgan fingerprint density at radius 2 is 0.682 bits per heavy atom. The first kappa shape index (κ1) is 66.2. The highest BCUT2D eigenvalue weighted by Gasteiger charge is 2.41. The molecule has 4 heterocycles. The van der Waals surface area contributed by atoms with Crippen molar-refractivity contribution in [1.82, 2.24) is 19.6 Å². The van der Waals surface area contributed by atoms with E-state index in [0.717, 1.165) is 93.3 Å². The number of rotatable bonds is 12. The molecule has 8 atom stereocenters. The number of benzene rings is 4. The van der Waals surface area contributed by atoms with Gasteiger partial charge in [0.2, 0.25) is 0 Å². The van der Waals surface area contributed by atoms with Crippen molar-refractivity contribution in [3.8, 4) is 46.0 Å². The number of likely N-dealkylation sites (tertiary alicyclic amines) is 4. The van der Waals surface area contributed by atoms with Gasteiger partial charge in [0.05, 0.1) is 0 Å². The van der Waals surface area contributed by atoms with E-state index in [-0.39, 0.29) is 34.9 Å². The second-order valence-electron chi connectivity index (χ2n) is 26.2. The van der Waals surface area contributed by atoms with Crippen molar-refractivity contribution in [2.24, 2.45) is 23.7 Å². The largest absolute Gasteiger partial charge is 0.504 e. The highest BCUT2D eigenvalue weighted by Crippen LogP contribution is 2.47. The van der Waals surface area contributed by atoms with Crippen molar-refractivity contribution >= 4 is 23.9 Å². The predicted molar refractivity (Wildman–Crippen MR) is 341 cm³/mol. The zero-order valence-electron chi connectivity index (χ0n) is 53.9. The van der Waals surface area contributed by atoms with Gasteiger partial charge < -0.3 is 39.4 Å². The normalized spacial score (nSPS) is 24.5. The van der Waals surface area contributed by atoms with Crippen molar-refractivity contribution in [2.45, 2.75) is 208 Å². The molecule has 8 aliphatic rings. The number of hydrogen-bond donors (Lipinski definition) is 4. The molecule has 4 aromatic carbocycles. The highest BCUT2D eigenvalue weighted by molar-refractivity contribution is 5.75. The molecular weight excluding hydrogens is 1110 g/mol. The van der Waals surface area contributed by atoms with Crippen LogP contribution >= 0.6 is 0 Å². The number of phenolic OH excluding ortho intramolecular Hbond substituents is 4. The quantitative estimate of drug-likeness (QED) is 0.0593. The number of aromatic hydroxyl groups is 4. The predicted octanol–water partition coefficient (Wildman–Crippen LogP) is 11.6. The smallest absolute Gasteiger partial charge is 0.308 e. The summed E-state index contributed by atoms with van der Waals surface area (Å²) in [7, 11) is 0. The van der Waals surface area contributed by atoms with E-state index in [4.69, 9.17) is 18.9 Å². The summed E-state index contributed by atoms with van der Waals surface area (Å²) in [6.45, 7) is 23.8. The first-order valence-corrected chi connectivity index (χ1v) is 33.4. The summed E-state index contributed by atoms with van der Waals surface area (Å²) < 4.78 is 21.2. The summed E-state index contributed by atoms with van der Waals surface area (Å²) in [6, 6.07) is 17.2. The standard InChI is InChI=1S/C20H27NO4.2C18H25NO3.C16H23NO2/c1-4-9-21-10-5-6-16-11-17-15(12-18(16)21)7-8-19(24-13(2)22)20(17)25-14(3)23;1-3-8-19-9-4-5-14-10-15-13(11-16(14)19)6-7-17(18(15)21)22-12(2)20;1-3-8-19-9-4-5-14-10-15-13(11-16(14)19)6-7-17(21)18(15)22-12(2)20;1-2-7-17-8-3-4-12-9-13-11(10-14(12)17)5-6-15(18)16(13)19/h7-8,16,18H,4-6,9-12H2,1-3H3;2*6-7,14,16,21H,3-5,8-11H2,1-2H3;5-6,12,14,18-19H,2-4,7-10H2,1H3/t16-,18-;2*14-,16-;12-,14-/m1111/s1. The third-order valence-corrected chi connectivity index (χ3v) is 20.1. The molecule has 4 saturated heterocycles. The Bertz CT molecular complexity index is 3080. The maximum atomic E-state index is 11.6. The number of hydrogen-bond acceptors (Lipinski definition) is 16. The third kappa shape index (κ3) is 15.7. The van der Waals surface area contributed by atoms with Gasteiger partial charge in [-0.05, 0) is 251 Å². The van der Waals surface area contributed by atoms with Gasteiger partial charge in [-0.25, -0.2) is 0 Å². The van der Waals surface area contributed by atoms with Gasteiger partial charge in [0, 0.05) is 74.1 Å². The Labute approximate surface area is 522 Å². The molecule has 0 saturated carbocycles. The molecule has 0 spiro atoms. The van der Waals surface area contributed by atoms with Crippen LogP contribution in [-0.4, -0.2) is 140 Å². The van der Waals surface area contributed by atoms with Crippen molar-refractivity contribution in [1.29, 1.82) is 0 Å². The Morgan fingerprint density at radius 3 is 1.07 bits per heavy atom. The average Bonchev–Trinajstić information content (AvgIpc) is 1.05. The lowest BCUT2D eigenvalue weighted by Gasteiger charge is -2.45. The van der Waals surface area contributed by atoms with E-state index < -0.39 is 11.9 Å². The second kappa shape index (κ2) is 30.5. The molecule has 4 aliphatic carbocycles. The minimum atomic E-state index is -0.408. The molecule has 0 radical (unpaired) electrons. The van der Waals surface area contributed by atoms with E-state index in [9.17, 15) is 39.6 Å². The number of carbonyl (C=O) groups excluding carboxylic acids is 4. The average molecular weight is 1210 g/mol. The van der Waals surface area contributed by atoms with Crippen molar-refractivity contribution < 1.29 is 58.6 Å². The molecule has 16 nitrogen and oxygen atoms in total. The molecule has 4 aliphatic heterocycles. The minimum absolute atomic E-state index is 0.0263. The second-order valence-corrected chi connectivity index (χ2v) is 26.2. The van der Waals surface area contributed by atoms with E-state index in [1.54, 1.807) is 24.3 Å². The molecule has 0 aromatic heterocycles.